The number of rotatable bonds is 2. The van der Waals surface area contributed by atoms with Gasteiger partial charge in [-0.1, -0.05) is 28.1 Å². The molecule has 10 heteroatoms. The van der Waals surface area contributed by atoms with Crippen LogP contribution >= 0.6 is 15.9 Å². The standard InChI is InChI=1S/C16H8BrF3N4O2/c17-8-5-6-12(26-16(18,19)20)10(7-8)13-22-14-9-3-1-2-4-11(9)21-15(25)24(14)23-13/h1-7H,(H,21,25). The fraction of sp³-hybridized carbons (Fsp3) is 0.0625. The first-order chi connectivity index (χ1) is 12.3. The van der Waals surface area contributed by atoms with Crippen LogP contribution in [0.3, 0.4) is 0 Å². The predicted octanol–water partition coefficient (Wildman–Crippen LogP) is 3.90. The molecule has 0 aliphatic rings. The molecule has 2 heterocycles. The maximum Gasteiger partial charge on any atom is 0.573 e. The SMILES string of the molecule is O=c1[nH]c2ccccc2c2nc(-c3cc(Br)ccc3OC(F)(F)F)nn12. The van der Waals surface area contributed by atoms with Crippen LogP contribution in [0.25, 0.3) is 27.9 Å². The normalized spacial score (nSPS) is 12.0. The molecule has 0 unspecified atom stereocenters. The van der Waals surface area contributed by atoms with Crippen molar-refractivity contribution < 1.29 is 17.9 Å². The molecular weight excluding hydrogens is 417 g/mol. The molecule has 0 aliphatic carbocycles. The van der Waals surface area contributed by atoms with Crippen molar-refractivity contribution in [3.8, 4) is 17.1 Å². The Morgan fingerprint density at radius 2 is 1.92 bits per heavy atom. The largest absolute Gasteiger partial charge is 0.573 e. The van der Waals surface area contributed by atoms with Gasteiger partial charge in [-0.2, -0.15) is 4.52 Å². The van der Waals surface area contributed by atoms with E-state index in [4.69, 9.17) is 0 Å². The molecule has 0 amide bonds. The van der Waals surface area contributed by atoms with Crippen LogP contribution in [0, 0.1) is 0 Å². The van der Waals surface area contributed by atoms with Crippen molar-refractivity contribution in [1.29, 1.82) is 0 Å². The molecule has 0 bridgehead atoms. The molecule has 2 aromatic carbocycles. The molecule has 132 valence electrons. The number of aromatic amines is 1. The van der Waals surface area contributed by atoms with Gasteiger partial charge in [0, 0.05) is 9.86 Å². The van der Waals surface area contributed by atoms with E-state index < -0.39 is 17.8 Å². The zero-order valence-corrected chi connectivity index (χ0v) is 14.3. The summed E-state index contributed by atoms with van der Waals surface area (Å²) in [6, 6.07) is 10.9. The number of benzene rings is 2. The van der Waals surface area contributed by atoms with E-state index in [9.17, 15) is 18.0 Å². The summed E-state index contributed by atoms with van der Waals surface area (Å²) >= 11 is 3.20. The van der Waals surface area contributed by atoms with Crippen LogP contribution in [0.15, 0.2) is 51.7 Å². The van der Waals surface area contributed by atoms with Gasteiger partial charge in [-0.15, -0.1) is 18.3 Å². The molecular formula is C16H8BrF3N4O2. The maximum absolute atomic E-state index is 12.7. The van der Waals surface area contributed by atoms with Gasteiger partial charge in [0.15, 0.2) is 11.5 Å². The number of aromatic nitrogens is 4. The van der Waals surface area contributed by atoms with Gasteiger partial charge in [0.05, 0.1) is 11.1 Å². The van der Waals surface area contributed by atoms with Crippen LogP contribution in [0.1, 0.15) is 0 Å². The minimum Gasteiger partial charge on any atom is -0.405 e. The summed E-state index contributed by atoms with van der Waals surface area (Å²) in [7, 11) is 0. The van der Waals surface area contributed by atoms with Gasteiger partial charge in [-0.3, -0.25) is 0 Å². The van der Waals surface area contributed by atoms with E-state index in [1.165, 1.54) is 12.1 Å². The average Bonchev–Trinajstić information content (AvgIpc) is 3.01. The lowest BCUT2D eigenvalue weighted by Crippen LogP contribution is -2.18. The molecule has 26 heavy (non-hydrogen) atoms. The average molecular weight is 425 g/mol. The summed E-state index contributed by atoms with van der Waals surface area (Å²) in [6.07, 6.45) is -4.87. The molecule has 0 saturated carbocycles. The van der Waals surface area contributed by atoms with Crippen LogP contribution in [0.4, 0.5) is 13.2 Å². The summed E-state index contributed by atoms with van der Waals surface area (Å²) in [6.45, 7) is 0. The van der Waals surface area contributed by atoms with Crippen molar-refractivity contribution in [2.24, 2.45) is 0 Å². The van der Waals surface area contributed by atoms with E-state index in [1.54, 1.807) is 24.3 Å². The molecule has 0 fully saturated rings. The first kappa shape index (κ1) is 16.6. The Balaban J connectivity index is 1.98. The lowest BCUT2D eigenvalue weighted by molar-refractivity contribution is -0.274. The number of halogens is 4. The number of fused-ring (bicyclic) bond motifs is 3. The second-order valence-electron chi connectivity index (χ2n) is 5.33. The van der Waals surface area contributed by atoms with E-state index >= 15 is 0 Å². The van der Waals surface area contributed by atoms with Gasteiger partial charge in [-0.25, -0.2) is 9.78 Å². The summed E-state index contributed by atoms with van der Waals surface area (Å²) in [5.41, 5.74) is 0.233. The Bertz CT molecular complexity index is 1200. The molecule has 0 atom stereocenters. The Morgan fingerprint density at radius 1 is 1.15 bits per heavy atom. The molecule has 0 radical (unpaired) electrons. The Hall–Kier alpha value is -2.88. The van der Waals surface area contributed by atoms with Crippen molar-refractivity contribution in [2.75, 3.05) is 0 Å². The molecule has 4 rings (SSSR count). The first-order valence-corrected chi connectivity index (χ1v) is 8.04. The zero-order valence-electron chi connectivity index (χ0n) is 12.7. The van der Waals surface area contributed by atoms with Crippen molar-refractivity contribution in [3.05, 3.63) is 57.4 Å². The lowest BCUT2D eigenvalue weighted by atomic mass is 10.2. The summed E-state index contributed by atoms with van der Waals surface area (Å²) in [5, 5.41) is 4.67. The highest BCUT2D eigenvalue weighted by atomic mass is 79.9. The van der Waals surface area contributed by atoms with E-state index in [0.717, 1.165) is 10.6 Å². The molecule has 0 spiro atoms. The third-order valence-electron chi connectivity index (χ3n) is 3.62. The number of hydrogen-bond donors (Lipinski definition) is 1. The zero-order chi connectivity index (χ0) is 18.5. The second-order valence-corrected chi connectivity index (χ2v) is 6.25. The fourth-order valence-corrected chi connectivity index (χ4v) is 2.95. The molecule has 4 aromatic rings. The smallest absolute Gasteiger partial charge is 0.405 e. The highest BCUT2D eigenvalue weighted by Crippen LogP contribution is 2.34. The molecule has 0 aliphatic heterocycles. The third-order valence-corrected chi connectivity index (χ3v) is 4.11. The summed E-state index contributed by atoms with van der Waals surface area (Å²) in [4.78, 5) is 19.1. The van der Waals surface area contributed by atoms with Crippen LogP contribution in [-0.4, -0.2) is 25.9 Å². The Labute approximate surface area is 151 Å². The first-order valence-electron chi connectivity index (χ1n) is 7.25. The van der Waals surface area contributed by atoms with Crippen molar-refractivity contribution in [3.63, 3.8) is 0 Å². The van der Waals surface area contributed by atoms with Gasteiger partial charge in [0.1, 0.15) is 5.75 Å². The predicted molar refractivity (Wildman–Crippen MR) is 90.9 cm³/mol. The van der Waals surface area contributed by atoms with Crippen LogP contribution in [-0.2, 0) is 0 Å². The minimum atomic E-state index is -4.87. The summed E-state index contributed by atoms with van der Waals surface area (Å²) < 4.78 is 43.6. The molecule has 0 saturated heterocycles. The number of alkyl halides is 3. The van der Waals surface area contributed by atoms with Crippen LogP contribution in [0.5, 0.6) is 5.75 Å². The fourth-order valence-electron chi connectivity index (χ4n) is 2.59. The number of hydrogen-bond acceptors (Lipinski definition) is 4. The number of para-hydroxylation sites is 1. The number of nitrogens with one attached hydrogen (secondary N) is 1. The second kappa shape index (κ2) is 5.84. The highest BCUT2D eigenvalue weighted by molar-refractivity contribution is 9.10. The minimum absolute atomic E-state index is 0.00359. The number of nitrogens with zero attached hydrogens (tertiary/aromatic N) is 3. The Kier molecular flexibility index (Phi) is 3.72. The monoisotopic (exact) mass is 424 g/mol. The quantitative estimate of drug-likeness (QED) is 0.529. The van der Waals surface area contributed by atoms with Gasteiger partial charge in [0.25, 0.3) is 0 Å². The van der Waals surface area contributed by atoms with Crippen LogP contribution in [0.2, 0.25) is 0 Å². The van der Waals surface area contributed by atoms with Crippen molar-refractivity contribution in [2.45, 2.75) is 6.36 Å². The molecule has 6 nitrogen and oxygen atoms in total. The van der Waals surface area contributed by atoms with E-state index in [0.29, 0.717) is 15.4 Å². The number of H-pyrrole nitrogens is 1. The van der Waals surface area contributed by atoms with Crippen molar-refractivity contribution in [1.82, 2.24) is 19.6 Å². The van der Waals surface area contributed by atoms with E-state index in [1.807, 2.05) is 0 Å². The topological polar surface area (TPSA) is 72.3 Å². The number of ether oxygens (including phenoxy) is 1. The Morgan fingerprint density at radius 3 is 2.69 bits per heavy atom. The molecule has 1 N–H and O–H groups in total. The van der Waals surface area contributed by atoms with Gasteiger partial charge >= 0.3 is 12.1 Å². The highest BCUT2D eigenvalue weighted by Gasteiger charge is 2.33. The van der Waals surface area contributed by atoms with E-state index in [2.05, 4.69) is 35.7 Å². The van der Waals surface area contributed by atoms with Gasteiger partial charge in [0.2, 0.25) is 0 Å². The lowest BCUT2D eigenvalue weighted by Gasteiger charge is -2.11. The van der Waals surface area contributed by atoms with Gasteiger partial charge in [-0.05, 0) is 30.3 Å². The summed E-state index contributed by atoms with van der Waals surface area (Å²) in [5.74, 6) is -0.523. The van der Waals surface area contributed by atoms with Crippen LogP contribution < -0.4 is 10.4 Å². The maximum atomic E-state index is 12.7. The van der Waals surface area contributed by atoms with Gasteiger partial charge < -0.3 is 9.72 Å². The third kappa shape index (κ3) is 2.92. The van der Waals surface area contributed by atoms with Crippen molar-refractivity contribution >= 4 is 32.5 Å². The van der Waals surface area contributed by atoms with E-state index in [-0.39, 0.29) is 17.0 Å². The molecule has 2 aromatic heterocycles.